The first-order chi connectivity index (χ1) is 23.9. The Labute approximate surface area is 286 Å². The number of rotatable bonds is 11. The fourth-order valence-corrected chi connectivity index (χ4v) is 6.86. The molecule has 2 N–H and O–H groups in total. The maximum absolute atomic E-state index is 13.2. The van der Waals surface area contributed by atoms with Crippen molar-refractivity contribution in [2.24, 2.45) is 14.1 Å². The lowest BCUT2D eigenvalue weighted by atomic mass is 9.91. The zero-order valence-corrected chi connectivity index (χ0v) is 28.6. The van der Waals surface area contributed by atoms with Crippen LogP contribution in [0.1, 0.15) is 45.7 Å². The topological polar surface area (TPSA) is 124 Å². The fraction of sp³-hybridized carbons (Fsp3) is 0.378. The molecule has 0 atom stereocenters. The van der Waals surface area contributed by atoms with Crippen LogP contribution in [0.15, 0.2) is 61.1 Å². The summed E-state index contributed by atoms with van der Waals surface area (Å²) in [7, 11) is 7.26. The van der Waals surface area contributed by atoms with Gasteiger partial charge in [-0.25, -0.2) is 9.97 Å². The lowest BCUT2D eigenvalue weighted by Crippen LogP contribution is -2.45. The quantitative estimate of drug-likeness (QED) is 0.210. The second kappa shape index (κ2) is 14.2. The molecule has 0 saturated carbocycles. The van der Waals surface area contributed by atoms with Crippen LogP contribution in [-0.2, 0) is 38.1 Å². The van der Waals surface area contributed by atoms with E-state index in [1.807, 2.05) is 54.2 Å². The second-order valence-electron chi connectivity index (χ2n) is 12.9. The molecule has 1 amide bonds. The third kappa shape index (κ3) is 7.06. The number of anilines is 2. The molecule has 12 heteroatoms. The van der Waals surface area contributed by atoms with E-state index < -0.39 is 0 Å². The number of nitrogens with one attached hydrogen (secondary N) is 2. The van der Waals surface area contributed by atoms with Crippen molar-refractivity contribution in [2.75, 3.05) is 45.8 Å². The van der Waals surface area contributed by atoms with Crippen molar-refractivity contribution in [1.29, 1.82) is 0 Å². The predicted octanol–water partition coefficient (Wildman–Crippen LogP) is 4.56. The Hall–Kier alpha value is -5.07. The molecule has 5 aromatic rings. The Kier molecular flexibility index (Phi) is 9.41. The standard InChI is InChI=1S/C37H43N9O3/c1-44-23-28(22-39-44)25-7-5-6-24(18-25)19-32-34-31(43-45(32)2)11-9-27-21-38-37(42-35(27)34)41-30-10-8-26(20-33(30)49-4)36(47)40-29-12-14-46(15-13-29)16-17-48-3/h5-8,10,18,20-23,29H,9,11-17,19H2,1-4H3,(H,40,47)(H,38,41,42). The van der Waals surface area contributed by atoms with Gasteiger partial charge in [0.15, 0.2) is 0 Å². The molecule has 49 heavy (non-hydrogen) atoms. The van der Waals surface area contributed by atoms with Gasteiger partial charge < -0.3 is 25.0 Å². The van der Waals surface area contributed by atoms with Gasteiger partial charge in [-0.2, -0.15) is 10.2 Å². The van der Waals surface area contributed by atoms with E-state index in [9.17, 15) is 4.79 Å². The van der Waals surface area contributed by atoms with Crippen LogP contribution in [0.25, 0.3) is 22.4 Å². The molecule has 0 radical (unpaired) electrons. The van der Waals surface area contributed by atoms with Crippen LogP contribution in [-0.4, -0.2) is 86.8 Å². The lowest BCUT2D eigenvalue weighted by molar-refractivity contribution is 0.0892. The van der Waals surface area contributed by atoms with E-state index in [0.717, 1.165) is 91.3 Å². The average Bonchev–Trinajstić information content (AvgIpc) is 3.70. The van der Waals surface area contributed by atoms with Crippen molar-refractivity contribution in [1.82, 2.24) is 39.7 Å². The number of carbonyl (C=O) groups excluding carboxylic acids is 1. The molecule has 2 aliphatic rings. The summed E-state index contributed by atoms with van der Waals surface area (Å²) in [5.74, 6) is 0.892. The van der Waals surface area contributed by atoms with Gasteiger partial charge in [0.1, 0.15) is 5.75 Å². The number of benzene rings is 2. The first-order valence-electron chi connectivity index (χ1n) is 16.8. The normalized spacial score (nSPS) is 14.7. The number of hydrogen-bond acceptors (Lipinski definition) is 9. The molecule has 254 valence electrons. The first-order valence-corrected chi connectivity index (χ1v) is 16.8. The van der Waals surface area contributed by atoms with Gasteiger partial charge in [-0.15, -0.1) is 0 Å². The Morgan fingerprint density at radius 1 is 1.02 bits per heavy atom. The molecule has 0 unspecified atom stereocenters. The zero-order chi connectivity index (χ0) is 33.9. The van der Waals surface area contributed by atoms with Gasteiger partial charge >= 0.3 is 0 Å². The number of carbonyl (C=O) groups is 1. The van der Waals surface area contributed by atoms with Crippen LogP contribution in [0.3, 0.4) is 0 Å². The van der Waals surface area contributed by atoms with Crippen LogP contribution >= 0.6 is 0 Å². The van der Waals surface area contributed by atoms with Gasteiger partial charge in [-0.05, 0) is 60.6 Å². The molecule has 4 heterocycles. The molecule has 0 bridgehead atoms. The van der Waals surface area contributed by atoms with Gasteiger partial charge in [0.05, 0.1) is 42.7 Å². The minimum absolute atomic E-state index is 0.104. The zero-order valence-electron chi connectivity index (χ0n) is 28.6. The van der Waals surface area contributed by atoms with Crippen molar-refractivity contribution in [3.63, 3.8) is 0 Å². The Morgan fingerprint density at radius 3 is 2.65 bits per heavy atom. The van der Waals surface area contributed by atoms with Crippen LogP contribution in [0.5, 0.6) is 5.75 Å². The number of fused-ring (bicyclic) bond motifs is 3. The summed E-state index contributed by atoms with van der Waals surface area (Å²) in [5, 5.41) is 15.8. The summed E-state index contributed by atoms with van der Waals surface area (Å²) in [6, 6.07) is 14.1. The van der Waals surface area contributed by atoms with Crippen LogP contribution in [0.4, 0.5) is 11.6 Å². The van der Waals surface area contributed by atoms with Crippen molar-refractivity contribution in [3.8, 4) is 28.1 Å². The smallest absolute Gasteiger partial charge is 0.251 e. The Balaban J connectivity index is 1.08. The van der Waals surface area contributed by atoms with E-state index in [1.165, 1.54) is 5.56 Å². The highest BCUT2D eigenvalue weighted by Gasteiger charge is 2.27. The number of ether oxygens (including phenoxy) is 2. The maximum Gasteiger partial charge on any atom is 0.251 e. The van der Waals surface area contributed by atoms with Crippen molar-refractivity contribution in [2.45, 2.75) is 38.1 Å². The molecular formula is C37H43N9O3. The number of aryl methyl sites for hydroxylation is 4. The number of methoxy groups -OCH3 is 2. The molecular weight excluding hydrogens is 618 g/mol. The van der Waals surface area contributed by atoms with Gasteiger partial charge in [-0.3, -0.25) is 14.2 Å². The van der Waals surface area contributed by atoms with E-state index in [-0.39, 0.29) is 11.9 Å². The van der Waals surface area contributed by atoms with E-state index in [4.69, 9.17) is 19.6 Å². The van der Waals surface area contributed by atoms with Gasteiger partial charge in [0.25, 0.3) is 5.91 Å². The largest absolute Gasteiger partial charge is 0.495 e. The van der Waals surface area contributed by atoms with E-state index in [1.54, 1.807) is 20.3 Å². The molecule has 1 aliphatic carbocycles. The van der Waals surface area contributed by atoms with E-state index >= 15 is 0 Å². The number of aromatic nitrogens is 6. The third-order valence-electron chi connectivity index (χ3n) is 9.55. The summed E-state index contributed by atoms with van der Waals surface area (Å²) in [5.41, 5.74) is 9.86. The van der Waals surface area contributed by atoms with Crippen molar-refractivity contribution in [3.05, 3.63) is 89.1 Å². The summed E-state index contributed by atoms with van der Waals surface area (Å²) in [6.45, 7) is 3.54. The molecule has 3 aromatic heterocycles. The first kappa shape index (κ1) is 32.5. The van der Waals surface area contributed by atoms with E-state index in [0.29, 0.717) is 29.4 Å². The molecule has 2 aromatic carbocycles. The minimum Gasteiger partial charge on any atom is -0.495 e. The predicted molar refractivity (Wildman–Crippen MR) is 188 cm³/mol. The van der Waals surface area contributed by atoms with Crippen LogP contribution < -0.4 is 15.4 Å². The molecule has 1 saturated heterocycles. The van der Waals surface area contributed by atoms with E-state index in [2.05, 4.69) is 49.9 Å². The third-order valence-corrected chi connectivity index (χ3v) is 9.55. The van der Waals surface area contributed by atoms with Crippen molar-refractivity contribution >= 4 is 17.5 Å². The number of nitrogens with zero attached hydrogens (tertiary/aromatic N) is 7. The summed E-state index contributed by atoms with van der Waals surface area (Å²) >= 11 is 0. The number of likely N-dealkylation sites (tertiary alicyclic amines) is 1. The highest BCUT2D eigenvalue weighted by Crippen LogP contribution is 2.37. The summed E-state index contributed by atoms with van der Waals surface area (Å²) in [4.78, 5) is 25.2. The fourth-order valence-electron chi connectivity index (χ4n) is 6.86. The van der Waals surface area contributed by atoms with Crippen molar-refractivity contribution < 1.29 is 14.3 Å². The summed E-state index contributed by atoms with van der Waals surface area (Å²) < 4.78 is 14.7. The number of hydrogen-bond donors (Lipinski definition) is 2. The Bertz CT molecular complexity index is 1960. The second-order valence-corrected chi connectivity index (χ2v) is 12.9. The maximum atomic E-state index is 13.2. The van der Waals surface area contributed by atoms with Crippen LogP contribution in [0.2, 0.25) is 0 Å². The number of amides is 1. The molecule has 7 rings (SSSR count). The lowest BCUT2D eigenvalue weighted by Gasteiger charge is -2.32. The van der Waals surface area contributed by atoms with Gasteiger partial charge in [0.2, 0.25) is 5.95 Å². The molecule has 0 spiro atoms. The van der Waals surface area contributed by atoms with Gasteiger partial charge in [-0.1, -0.05) is 24.3 Å². The molecule has 12 nitrogen and oxygen atoms in total. The highest BCUT2D eigenvalue weighted by atomic mass is 16.5. The molecule has 1 aliphatic heterocycles. The Morgan fingerprint density at radius 2 is 1.88 bits per heavy atom. The van der Waals surface area contributed by atoms with Gasteiger partial charge in [0, 0.05) is 82.4 Å². The molecule has 1 fully saturated rings. The monoisotopic (exact) mass is 661 g/mol. The average molecular weight is 662 g/mol. The number of piperidine rings is 1. The SMILES string of the molecule is COCCN1CCC(NC(=O)c2ccc(Nc3ncc4c(n3)-c3c(nn(C)c3Cc3cccc(-c5cnn(C)c5)c3)CC4)c(OC)c2)CC1. The van der Waals surface area contributed by atoms with Crippen LogP contribution in [0, 0.1) is 0 Å². The summed E-state index contributed by atoms with van der Waals surface area (Å²) in [6.07, 6.45) is 10.0. The minimum atomic E-state index is -0.104. The highest BCUT2D eigenvalue weighted by molar-refractivity contribution is 5.95.